The van der Waals surface area contributed by atoms with Crippen LogP contribution >= 0.6 is 0 Å². The fourth-order valence-corrected chi connectivity index (χ4v) is 3.36. The normalized spacial score (nSPS) is 11.1. The summed E-state index contributed by atoms with van der Waals surface area (Å²) in [6.45, 7) is 4.05. The van der Waals surface area contributed by atoms with Gasteiger partial charge in [-0.1, -0.05) is 30.3 Å². The number of aryl methyl sites for hydroxylation is 1. The lowest BCUT2D eigenvalue weighted by atomic mass is 10.1. The summed E-state index contributed by atoms with van der Waals surface area (Å²) in [6, 6.07) is 22.2. The summed E-state index contributed by atoms with van der Waals surface area (Å²) in [5.74, 6) is 0.864. The number of oxazole rings is 1. The molecule has 0 atom stereocenters. The zero-order valence-corrected chi connectivity index (χ0v) is 18.9. The fraction of sp³-hybridized carbons (Fsp3) is 0.148. The summed E-state index contributed by atoms with van der Waals surface area (Å²) in [4.78, 5) is 16.7. The summed E-state index contributed by atoms with van der Waals surface area (Å²) >= 11 is 0. The maximum atomic E-state index is 12.3. The Kier molecular flexibility index (Phi) is 6.89. The van der Waals surface area contributed by atoms with Gasteiger partial charge in [0.25, 0.3) is 5.91 Å². The number of para-hydroxylation sites is 2. The number of nitriles is 1. The second kappa shape index (κ2) is 10.4. The Labute approximate surface area is 197 Å². The molecule has 34 heavy (non-hydrogen) atoms. The van der Waals surface area contributed by atoms with Crippen molar-refractivity contribution >= 4 is 34.3 Å². The SMILES string of the molecule is CCOc1cc(/C=C(\C#N)c2nc3ccccc3o2)ccc1OCC(=O)Nc1cccc(C)c1. The smallest absolute Gasteiger partial charge is 0.262 e. The van der Waals surface area contributed by atoms with Gasteiger partial charge in [0.05, 0.1) is 6.61 Å². The lowest BCUT2D eigenvalue weighted by molar-refractivity contribution is -0.118. The average molecular weight is 453 g/mol. The summed E-state index contributed by atoms with van der Waals surface area (Å²) in [7, 11) is 0. The van der Waals surface area contributed by atoms with Gasteiger partial charge >= 0.3 is 0 Å². The Morgan fingerprint density at radius 2 is 1.94 bits per heavy atom. The molecule has 7 nitrogen and oxygen atoms in total. The third kappa shape index (κ3) is 5.43. The molecule has 7 heteroatoms. The van der Waals surface area contributed by atoms with Crippen LogP contribution < -0.4 is 14.8 Å². The van der Waals surface area contributed by atoms with Gasteiger partial charge < -0.3 is 19.2 Å². The first-order valence-electron chi connectivity index (χ1n) is 10.8. The molecule has 0 unspecified atom stereocenters. The number of fused-ring (bicyclic) bond motifs is 1. The highest BCUT2D eigenvalue weighted by Gasteiger charge is 2.13. The van der Waals surface area contributed by atoms with Gasteiger partial charge in [0, 0.05) is 5.69 Å². The van der Waals surface area contributed by atoms with Gasteiger partial charge in [0.15, 0.2) is 23.7 Å². The van der Waals surface area contributed by atoms with Crippen LogP contribution in [0.4, 0.5) is 5.69 Å². The Hall–Kier alpha value is -4.57. The minimum atomic E-state index is -0.278. The van der Waals surface area contributed by atoms with Gasteiger partial charge in [-0.3, -0.25) is 4.79 Å². The number of benzene rings is 3. The van der Waals surface area contributed by atoms with E-state index in [-0.39, 0.29) is 24.0 Å². The lowest BCUT2D eigenvalue weighted by Gasteiger charge is -2.13. The highest BCUT2D eigenvalue weighted by molar-refractivity contribution is 5.92. The molecular weight excluding hydrogens is 430 g/mol. The number of hydrogen-bond donors (Lipinski definition) is 1. The molecule has 0 aliphatic rings. The summed E-state index contributed by atoms with van der Waals surface area (Å²) in [5.41, 5.74) is 4.05. The predicted molar refractivity (Wildman–Crippen MR) is 130 cm³/mol. The molecule has 0 fully saturated rings. The Morgan fingerprint density at radius 1 is 1.09 bits per heavy atom. The monoisotopic (exact) mass is 453 g/mol. The van der Waals surface area contributed by atoms with Gasteiger partial charge in [-0.05, 0) is 67.4 Å². The molecule has 170 valence electrons. The molecular formula is C27H23N3O4. The molecule has 0 radical (unpaired) electrons. The molecule has 4 rings (SSSR count). The quantitative estimate of drug-likeness (QED) is 0.348. The third-order valence-corrected chi connectivity index (χ3v) is 4.88. The highest BCUT2D eigenvalue weighted by atomic mass is 16.5. The van der Waals surface area contributed by atoms with Gasteiger partial charge in [0.1, 0.15) is 17.2 Å². The van der Waals surface area contributed by atoms with Gasteiger partial charge in [-0.25, -0.2) is 4.98 Å². The van der Waals surface area contributed by atoms with E-state index in [0.717, 1.165) is 5.56 Å². The number of amides is 1. The second-order valence-corrected chi connectivity index (χ2v) is 7.50. The van der Waals surface area contributed by atoms with Crippen LogP contribution in [0.3, 0.4) is 0 Å². The first kappa shape index (κ1) is 22.6. The van der Waals surface area contributed by atoms with Crippen molar-refractivity contribution in [1.29, 1.82) is 5.26 Å². The van der Waals surface area contributed by atoms with Crippen LogP contribution in [0.1, 0.15) is 23.9 Å². The van der Waals surface area contributed by atoms with Crippen LogP contribution in [0.2, 0.25) is 0 Å². The van der Waals surface area contributed by atoms with E-state index < -0.39 is 0 Å². The van der Waals surface area contributed by atoms with Crippen molar-refractivity contribution in [3.8, 4) is 17.6 Å². The largest absolute Gasteiger partial charge is 0.490 e. The second-order valence-electron chi connectivity index (χ2n) is 7.50. The number of nitrogens with one attached hydrogen (secondary N) is 1. The first-order chi connectivity index (χ1) is 16.6. The molecule has 0 spiro atoms. The number of anilines is 1. The van der Waals surface area contributed by atoms with E-state index >= 15 is 0 Å². The molecule has 1 N–H and O–H groups in total. The van der Waals surface area contributed by atoms with Crippen LogP contribution in [0.25, 0.3) is 22.7 Å². The number of aromatic nitrogens is 1. The lowest BCUT2D eigenvalue weighted by Crippen LogP contribution is -2.20. The van der Waals surface area contributed by atoms with Crippen LogP contribution in [-0.2, 0) is 4.79 Å². The van der Waals surface area contributed by atoms with E-state index in [4.69, 9.17) is 13.9 Å². The van der Waals surface area contributed by atoms with Crippen molar-refractivity contribution in [1.82, 2.24) is 4.98 Å². The van der Waals surface area contributed by atoms with Crippen molar-refractivity contribution in [3.05, 3.63) is 83.7 Å². The number of allylic oxidation sites excluding steroid dienone is 1. The molecule has 0 aliphatic heterocycles. The molecule has 0 aliphatic carbocycles. The van der Waals surface area contributed by atoms with Gasteiger partial charge in [-0.2, -0.15) is 5.26 Å². The van der Waals surface area contributed by atoms with Crippen molar-refractivity contribution in [3.63, 3.8) is 0 Å². The standard InChI is InChI=1S/C27H23N3O4/c1-3-32-25-15-19(14-20(16-28)27-30-22-9-4-5-10-23(22)34-27)11-12-24(25)33-17-26(31)29-21-8-6-7-18(2)13-21/h4-15H,3,17H2,1-2H3,(H,29,31)/b20-14+. The summed E-state index contributed by atoms with van der Waals surface area (Å²) in [5, 5.41) is 12.5. The van der Waals surface area contributed by atoms with Crippen molar-refractivity contribution in [2.75, 3.05) is 18.5 Å². The zero-order chi connectivity index (χ0) is 23.9. The number of ether oxygens (including phenoxy) is 2. The predicted octanol–water partition coefficient (Wildman–Crippen LogP) is 5.62. The maximum Gasteiger partial charge on any atom is 0.262 e. The molecule has 0 saturated carbocycles. The fourth-order valence-electron chi connectivity index (χ4n) is 3.36. The topological polar surface area (TPSA) is 97.4 Å². The molecule has 1 heterocycles. The van der Waals surface area contributed by atoms with E-state index in [9.17, 15) is 10.1 Å². The summed E-state index contributed by atoms with van der Waals surface area (Å²) < 4.78 is 17.1. The van der Waals surface area contributed by atoms with Crippen molar-refractivity contribution in [2.45, 2.75) is 13.8 Å². The minimum absolute atomic E-state index is 0.171. The number of carbonyl (C=O) groups excluding carboxylic acids is 1. The van der Waals surface area contributed by atoms with E-state index in [1.54, 1.807) is 30.3 Å². The van der Waals surface area contributed by atoms with E-state index in [1.807, 2.05) is 56.3 Å². The first-order valence-corrected chi connectivity index (χ1v) is 10.8. The van der Waals surface area contributed by atoms with Crippen LogP contribution in [-0.4, -0.2) is 24.1 Å². The summed E-state index contributed by atoms with van der Waals surface area (Å²) in [6.07, 6.45) is 1.67. The molecule has 1 amide bonds. The minimum Gasteiger partial charge on any atom is -0.490 e. The number of carbonyl (C=O) groups is 1. The van der Waals surface area contributed by atoms with Crippen LogP contribution in [0.15, 0.2) is 71.1 Å². The molecule has 0 saturated heterocycles. The molecule has 3 aromatic carbocycles. The molecule has 4 aromatic rings. The maximum absolute atomic E-state index is 12.3. The van der Waals surface area contributed by atoms with Crippen molar-refractivity contribution < 1.29 is 18.7 Å². The average Bonchev–Trinajstić information content (AvgIpc) is 3.26. The van der Waals surface area contributed by atoms with Crippen LogP contribution in [0.5, 0.6) is 11.5 Å². The van der Waals surface area contributed by atoms with Crippen molar-refractivity contribution in [2.24, 2.45) is 0 Å². The van der Waals surface area contributed by atoms with Gasteiger partial charge in [0.2, 0.25) is 5.89 Å². The van der Waals surface area contributed by atoms with Crippen LogP contribution in [0, 0.1) is 18.3 Å². The third-order valence-electron chi connectivity index (χ3n) is 4.88. The molecule has 0 bridgehead atoms. The Morgan fingerprint density at radius 3 is 2.71 bits per heavy atom. The Bertz CT molecular complexity index is 1370. The Balaban J connectivity index is 1.51. The number of hydrogen-bond acceptors (Lipinski definition) is 6. The van der Waals surface area contributed by atoms with E-state index in [2.05, 4.69) is 16.4 Å². The number of rotatable bonds is 8. The highest BCUT2D eigenvalue weighted by Crippen LogP contribution is 2.31. The van der Waals surface area contributed by atoms with Gasteiger partial charge in [-0.15, -0.1) is 0 Å². The number of nitrogens with zero attached hydrogens (tertiary/aromatic N) is 2. The van der Waals surface area contributed by atoms with E-state index in [0.29, 0.717) is 40.5 Å². The van der Waals surface area contributed by atoms with E-state index in [1.165, 1.54) is 0 Å². The zero-order valence-electron chi connectivity index (χ0n) is 18.9. The molecule has 1 aromatic heterocycles.